The first-order valence-electron chi connectivity index (χ1n) is 9.49. The molecule has 0 aromatic heterocycles. The molecule has 5 rings (SSSR count). The molecule has 5 aliphatic rings. The fourth-order valence-electron chi connectivity index (χ4n) is 6.43. The third kappa shape index (κ3) is 3.00. The summed E-state index contributed by atoms with van der Waals surface area (Å²) in [5, 5.41) is 12.9. The Balaban J connectivity index is 1.66. The van der Waals surface area contributed by atoms with E-state index in [-0.39, 0.29) is 11.8 Å². The van der Waals surface area contributed by atoms with Crippen molar-refractivity contribution >= 4 is 11.8 Å². The average Bonchev–Trinajstić information content (AvgIpc) is 3.02. The van der Waals surface area contributed by atoms with E-state index < -0.39 is 35.0 Å². The molecule has 146 valence electrons. The van der Waals surface area contributed by atoms with E-state index in [1.165, 1.54) is 0 Å². The summed E-state index contributed by atoms with van der Waals surface area (Å²) in [6.07, 6.45) is 0.413. The number of carbonyl (C=O) groups excluding carboxylic acids is 2. The maximum Gasteiger partial charge on any atom is 0.471 e. The second-order valence-electron chi connectivity index (χ2n) is 8.98. The number of amides is 2. The molecule has 0 radical (unpaired) electrons. The maximum absolute atomic E-state index is 13.1. The minimum atomic E-state index is -5.03. The average molecular weight is 374 g/mol. The Morgan fingerprint density at radius 3 is 2.15 bits per heavy atom. The van der Waals surface area contributed by atoms with Gasteiger partial charge in [0.05, 0.1) is 5.60 Å². The fraction of sp³-hybridized carbons (Fsp3) is 0.889. The summed E-state index contributed by atoms with van der Waals surface area (Å²) < 4.78 is 38.7. The van der Waals surface area contributed by atoms with Crippen LogP contribution in [0, 0.1) is 17.3 Å². The van der Waals surface area contributed by atoms with Gasteiger partial charge < -0.3 is 15.3 Å². The van der Waals surface area contributed by atoms with E-state index in [2.05, 4.69) is 0 Å². The molecule has 3 atom stereocenters. The minimum absolute atomic E-state index is 0.220. The second-order valence-corrected chi connectivity index (χ2v) is 8.98. The van der Waals surface area contributed by atoms with Gasteiger partial charge in [-0.25, -0.2) is 0 Å². The zero-order valence-electron chi connectivity index (χ0n) is 14.6. The highest BCUT2D eigenvalue weighted by atomic mass is 19.4. The van der Waals surface area contributed by atoms with Crippen molar-refractivity contribution in [2.75, 3.05) is 13.1 Å². The van der Waals surface area contributed by atoms with Crippen molar-refractivity contribution in [1.29, 1.82) is 0 Å². The topological polar surface area (TPSA) is 69.6 Å². The third-order valence-electron chi connectivity index (χ3n) is 6.89. The smallest absolute Gasteiger partial charge is 0.390 e. The first-order valence-corrected chi connectivity index (χ1v) is 9.49. The number of aliphatic hydroxyl groups is 1. The number of nitrogens with one attached hydrogen (secondary N) is 1. The van der Waals surface area contributed by atoms with Gasteiger partial charge in [0.15, 0.2) is 0 Å². The predicted octanol–water partition coefficient (Wildman–Crippen LogP) is 1.99. The first kappa shape index (κ1) is 18.1. The van der Waals surface area contributed by atoms with Gasteiger partial charge in [-0.15, -0.1) is 0 Å². The van der Waals surface area contributed by atoms with Crippen LogP contribution in [0.1, 0.15) is 51.4 Å². The Morgan fingerprint density at radius 2 is 1.65 bits per heavy atom. The molecule has 26 heavy (non-hydrogen) atoms. The van der Waals surface area contributed by atoms with Crippen molar-refractivity contribution in [1.82, 2.24) is 10.2 Å². The SMILES string of the molecule is O=C(C(NC(=O)C(F)(F)F)C12CC3CC(CC(O)(C3)C1)C2)N1CCCC1. The van der Waals surface area contributed by atoms with Crippen molar-refractivity contribution in [3.63, 3.8) is 0 Å². The molecule has 8 heteroatoms. The number of hydrogen-bond acceptors (Lipinski definition) is 3. The van der Waals surface area contributed by atoms with Crippen LogP contribution in [-0.4, -0.2) is 52.7 Å². The van der Waals surface area contributed by atoms with E-state index in [1.54, 1.807) is 4.90 Å². The van der Waals surface area contributed by atoms with Gasteiger partial charge >= 0.3 is 12.1 Å². The monoisotopic (exact) mass is 374 g/mol. The van der Waals surface area contributed by atoms with E-state index in [0.29, 0.717) is 45.2 Å². The van der Waals surface area contributed by atoms with Crippen LogP contribution in [0.15, 0.2) is 0 Å². The first-order chi connectivity index (χ1) is 12.1. The molecule has 4 aliphatic carbocycles. The van der Waals surface area contributed by atoms with Crippen LogP contribution >= 0.6 is 0 Å². The lowest BCUT2D eigenvalue weighted by molar-refractivity contribution is -0.190. The largest absolute Gasteiger partial charge is 0.471 e. The molecule has 2 amide bonds. The van der Waals surface area contributed by atoms with Gasteiger partial charge in [0.2, 0.25) is 5.91 Å². The van der Waals surface area contributed by atoms with Crippen LogP contribution in [0.2, 0.25) is 0 Å². The number of halogens is 3. The molecule has 4 saturated carbocycles. The normalized spacial score (nSPS) is 39.9. The van der Waals surface area contributed by atoms with Gasteiger partial charge in [-0.3, -0.25) is 9.59 Å². The fourth-order valence-corrected chi connectivity index (χ4v) is 6.43. The van der Waals surface area contributed by atoms with Crippen LogP contribution in [0.25, 0.3) is 0 Å². The van der Waals surface area contributed by atoms with Crippen LogP contribution in [0.4, 0.5) is 13.2 Å². The van der Waals surface area contributed by atoms with E-state index in [0.717, 1.165) is 19.3 Å². The van der Waals surface area contributed by atoms with Crippen molar-refractivity contribution < 1.29 is 27.9 Å². The molecular weight excluding hydrogens is 349 g/mol. The van der Waals surface area contributed by atoms with Crippen molar-refractivity contribution in [2.45, 2.75) is 69.2 Å². The summed E-state index contributed by atoms with van der Waals surface area (Å²) in [6.45, 7) is 1.04. The molecule has 4 bridgehead atoms. The standard InChI is InChI=1S/C18H25F3N2O3/c19-18(20,21)15(25)22-13(14(24)23-3-1-2-4-23)16-6-11-5-12(7-16)9-17(26,8-11)10-16/h11-13,26H,1-10H2,(H,22,25). The quantitative estimate of drug-likeness (QED) is 0.794. The molecule has 0 spiro atoms. The van der Waals surface area contributed by atoms with Gasteiger partial charge in [0.1, 0.15) is 6.04 Å². The Kier molecular flexibility index (Phi) is 4.06. The Labute approximate surface area is 150 Å². The Morgan fingerprint density at radius 1 is 1.08 bits per heavy atom. The van der Waals surface area contributed by atoms with Gasteiger partial charge in [-0.2, -0.15) is 13.2 Å². The lowest BCUT2D eigenvalue weighted by Gasteiger charge is -2.62. The number of carbonyl (C=O) groups is 2. The van der Waals surface area contributed by atoms with Crippen molar-refractivity contribution in [3.8, 4) is 0 Å². The number of rotatable bonds is 3. The second kappa shape index (κ2) is 5.84. The Hall–Kier alpha value is -1.31. The molecule has 5 nitrogen and oxygen atoms in total. The Bertz CT molecular complexity index is 601. The van der Waals surface area contributed by atoms with Gasteiger partial charge in [0, 0.05) is 18.5 Å². The van der Waals surface area contributed by atoms with E-state index in [9.17, 15) is 27.9 Å². The molecule has 1 aliphatic heterocycles. The molecule has 5 fully saturated rings. The summed E-state index contributed by atoms with van der Waals surface area (Å²) in [5.41, 5.74) is -1.67. The summed E-state index contributed by atoms with van der Waals surface area (Å²) in [7, 11) is 0. The van der Waals surface area contributed by atoms with E-state index >= 15 is 0 Å². The predicted molar refractivity (Wildman–Crippen MR) is 85.9 cm³/mol. The zero-order valence-corrected chi connectivity index (χ0v) is 14.6. The lowest BCUT2D eigenvalue weighted by Crippen LogP contribution is -2.66. The molecule has 0 aromatic carbocycles. The highest BCUT2D eigenvalue weighted by Crippen LogP contribution is 2.63. The molecular formula is C18H25F3N2O3. The van der Waals surface area contributed by atoms with Gasteiger partial charge in [-0.05, 0) is 63.2 Å². The number of alkyl halides is 3. The number of hydrogen-bond donors (Lipinski definition) is 2. The molecule has 1 heterocycles. The van der Waals surface area contributed by atoms with E-state index in [1.807, 2.05) is 5.32 Å². The molecule has 1 saturated heterocycles. The van der Waals surface area contributed by atoms with Gasteiger partial charge in [0.25, 0.3) is 0 Å². The van der Waals surface area contributed by atoms with Crippen LogP contribution in [0.3, 0.4) is 0 Å². The summed E-state index contributed by atoms with van der Waals surface area (Å²) in [4.78, 5) is 26.4. The lowest BCUT2D eigenvalue weighted by atomic mass is 9.46. The summed E-state index contributed by atoms with van der Waals surface area (Å²) in [5.74, 6) is -2.03. The highest BCUT2D eigenvalue weighted by Gasteiger charge is 2.62. The van der Waals surface area contributed by atoms with Crippen molar-refractivity contribution in [3.05, 3.63) is 0 Å². The minimum Gasteiger partial charge on any atom is -0.390 e. The van der Waals surface area contributed by atoms with Crippen LogP contribution < -0.4 is 5.32 Å². The number of nitrogens with zero attached hydrogens (tertiary/aromatic N) is 1. The molecule has 2 N–H and O–H groups in total. The van der Waals surface area contributed by atoms with Crippen LogP contribution in [-0.2, 0) is 9.59 Å². The zero-order chi connectivity index (χ0) is 18.7. The number of likely N-dealkylation sites (tertiary alicyclic amines) is 1. The van der Waals surface area contributed by atoms with Crippen LogP contribution in [0.5, 0.6) is 0 Å². The summed E-state index contributed by atoms with van der Waals surface area (Å²) >= 11 is 0. The molecule has 0 aromatic rings. The third-order valence-corrected chi connectivity index (χ3v) is 6.89. The highest BCUT2D eigenvalue weighted by molar-refractivity contribution is 5.90. The summed E-state index contributed by atoms with van der Waals surface area (Å²) in [6, 6.07) is -1.20. The molecule has 3 unspecified atom stereocenters. The van der Waals surface area contributed by atoms with Crippen molar-refractivity contribution in [2.24, 2.45) is 17.3 Å². The van der Waals surface area contributed by atoms with E-state index in [4.69, 9.17) is 0 Å². The maximum atomic E-state index is 13.1. The van der Waals surface area contributed by atoms with Gasteiger partial charge in [-0.1, -0.05) is 0 Å².